The van der Waals surface area contributed by atoms with Crippen molar-refractivity contribution in [1.29, 1.82) is 0 Å². The Balaban J connectivity index is 1.48. The number of pyridine rings is 1. The molecule has 146 valence electrons. The van der Waals surface area contributed by atoms with E-state index < -0.39 is 0 Å². The largest absolute Gasteiger partial charge is 0.472 e. The molecule has 1 atom stereocenters. The van der Waals surface area contributed by atoms with Crippen molar-refractivity contribution in [2.75, 3.05) is 13.1 Å². The van der Waals surface area contributed by atoms with Gasteiger partial charge >= 0.3 is 0 Å². The minimum atomic E-state index is -0.362. The molecule has 7 heteroatoms. The van der Waals surface area contributed by atoms with Crippen LogP contribution in [0.4, 0.5) is 4.39 Å². The standard InChI is InChI=1S/C22H19FN4O2/c1-14-4-5-15(11-18(14)23)22(28)26-9-6-17(12-26)27-20(16-7-10-29-13-16)25-19-3-2-8-24-21(19)27/h2-5,7-8,10-11,13,17H,6,9,12H2,1H3/t17-/m0/s1. The first-order valence-electron chi connectivity index (χ1n) is 9.53. The first-order valence-corrected chi connectivity index (χ1v) is 9.53. The van der Waals surface area contributed by atoms with Crippen LogP contribution in [0.5, 0.6) is 0 Å². The number of halogens is 1. The Kier molecular flexibility index (Phi) is 4.16. The maximum atomic E-state index is 13.9. The van der Waals surface area contributed by atoms with Crippen LogP contribution in [0.1, 0.15) is 28.4 Å². The molecule has 5 rings (SSSR count). The Labute approximate surface area is 166 Å². The van der Waals surface area contributed by atoms with Gasteiger partial charge in [0.05, 0.1) is 17.9 Å². The highest BCUT2D eigenvalue weighted by molar-refractivity contribution is 5.94. The van der Waals surface area contributed by atoms with E-state index in [0.29, 0.717) is 24.2 Å². The van der Waals surface area contributed by atoms with E-state index in [9.17, 15) is 9.18 Å². The molecular weight excluding hydrogens is 371 g/mol. The summed E-state index contributed by atoms with van der Waals surface area (Å²) in [6.45, 7) is 2.79. The number of amides is 1. The number of nitrogens with zero attached hydrogens (tertiary/aromatic N) is 4. The van der Waals surface area contributed by atoms with Gasteiger partial charge in [0.15, 0.2) is 5.65 Å². The lowest BCUT2D eigenvalue weighted by molar-refractivity contribution is 0.0787. The van der Waals surface area contributed by atoms with Gasteiger partial charge in [0.1, 0.15) is 23.4 Å². The van der Waals surface area contributed by atoms with Crippen molar-refractivity contribution in [1.82, 2.24) is 19.4 Å². The molecule has 1 aliphatic heterocycles. The average Bonchev–Trinajstić information content (AvgIpc) is 3.47. The number of fused-ring (bicyclic) bond motifs is 1. The Morgan fingerprint density at radius 2 is 2.17 bits per heavy atom. The molecule has 1 amide bonds. The maximum absolute atomic E-state index is 13.9. The predicted molar refractivity (Wildman–Crippen MR) is 106 cm³/mol. The number of hydrogen-bond donors (Lipinski definition) is 0. The molecule has 1 fully saturated rings. The molecule has 1 aromatic carbocycles. The molecule has 29 heavy (non-hydrogen) atoms. The summed E-state index contributed by atoms with van der Waals surface area (Å²) in [6.07, 6.45) is 5.78. The van der Waals surface area contributed by atoms with E-state index >= 15 is 0 Å². The molecule has 6 nitrogen and oxygen atoms in total. The number of hydrogen-bond acceptors (Lipinski definition) is 4. The van der Waals surface area contributed by atoms with Crippen LogP contribution in [0.3, 0.4) is 0 Å². The maximum Gasteiger partial charge on any atom is 0.254 e. The number of likely N-dealkylation sites (tertiary alicyclic amines) is 1. The number of rotatable bonds is 3. The lowest BCUT2D eigenvalue weighted by Crippen LogP contribution is -2.29. The molecule has 0 unspecified atom stereocenters. The van der Waals surface area contributed by atoms with Crippen LogP contribution in [-0.2, 0) is 0 Å². The van der Waals surface area contributed by atoms with Gasteiger partial charge in [-0.15, -0.1) is 0 Å². The highest BCUT2D eigenvalue weighted by Crippen LogP contribution is 2.32. The molecule has 1 saturated heterocycles. The number of carbonyl (C=O) groups is 1. The zero-order valence-corrected chi connectivity index (χ0v) is 15.9. The Morgan fingerprint density at radius 3 is 2.97 bits per heavy atom. The van der Waals surface area contributed by atoms with Crippen LogP contribution in [-0.4, -0.2) is 38.4 Å². The van der Waals surface area contributed by atoms with Crippen LogP contribution in [0.25, 0.3) is 22.6 Å². The Morgan fingerprint density at radius 1 is 1.28 bits per heavy atom. The first-order chi connectivity index (χ1) is 14.1. The Hall–Kier alpha value is -3.48. The number of furan rings is 1. The SMILES string of the molecule is Cc1ccc(C(=O)N2CC[C@H](n3c(-c4ccoc4)nc4cccnc43)C2)cc1F. The van der Waals surface area contributed by atoms with Crippen LogP contribution < -0.4 is 0 Å². The van der Waals surface area contributed by atoms with E-state index in [-0.39, 0.29) is 17.8 Å². The molecule has 1 aliphatic rings. The summed E-state index contributed by atoms with van der Waals surface area (Å²) in [5.74, 6) is 0.250. The molecule has 0 radical (unpaired) electrons. The van der Waals surface area contributed by atoms with Gasteiger partial charge in [-0.3, -0.25) is 4.79 Å². The second-order valence-corrected chi connectivity index (χ2v) is 7.32. The Bertz CT molecular complexity index is 1200. The van der Waals surface area contributed by atoms with Crippen molar-refractivity contribution in [3.8, 4) is 11.4 Å². The second kappa shape index (κ2) is 6.84. The van der Waals surface area contributed by atoms with Crippen molar-refractivity contribution in [3.63, 3.8) is 0 Å². The minimum absolute atomic E-state index is 0.0269. The van der Waals surface area contributed by atoms with E-state index in [1.54, 1.807) is 42.7 Å². The van der Waals surface area contributed by atoms with E-state index in [2.05, 4.69) is 9.55 Å². The van der Waals surface area contributed by atoms with Gasteiger partial charge in [0.2, 0.25) is 0 Å². The van der Waals surface area contributed by atoms with Gasteiger partial charge in [0.25, 0.3) is 5.91 Å². The molecule has 3 aromatic heterocycles. The molecule has 0 aliphatic carbocycles. The molecule has 4 aromatic rings. The highest BCUT2D eigenvalue weighted by Gasteiger charge is 2.31. The molecule has 0 saturated carbocycles. The zero-order valence-electron chi connectivity index (χ0n) is 15.9. The quantitative estimate of drug-likeness (QED) is 0.525. The van der Waals surface area contributed by atoms with Gasteiger partial charge < -0.3 is 13.9 Å². The fourth-order valence-corrected chi connectivity index (χ4v) is 3.92. The summed E-state index contributed by atoms with van der Waals surface area (Å²) in [7, 11) is 0. The third-order valence-electron chi connectivity index (χ3n) is 5.46. The van der Waals surface area contributed by atoms with Crippen LogP contribution in [0.15, 0.2) is 59.5 Å². The average molecular weight is 390 g/mol. The van der Waals surface area contributed by atoms with Gasteiger partial charge in [0, 0.05) is 24.8 Å². The topological polar surface area (TPSA) is 64.2 Å². The first kappa shape index (κ1) is 17.6. The van der Waals surface area contributed by atoms with Crippen molar-refractivity contribution < 1.29 is 13.6 Å². The van der Waals surface area contributed by atoms with Crippen molar-refractivity contribution in [2.24, 2.45) is 0 Å². The lowest BCUT2D eigenvalue weighted by Gasteiger charge is -2.19. The normalized spacial score (nSPS) is 16.6. The fourth-order valence-electron chi connectivity index (χ4n) is 3.92. The van der Waals surface area contributed by atoms with Crippen LogP contribution in [0.2, 0.25) is 0 Å². The second-order valence-electron chi connectivity index (χ2n) is 7.32. The number of aryl methyl sites for hydroxylation is 1. The molecule has 0 N–H and O–H groups in total. The number of aromatic nitrogens is 3. The van der Waals surface area contributed by atoms with Gasteiger partial charge in [-0.05, 0) is 49.2 Å². The summed E-state index contributed by atoms with van der Waals surface area (Å²) >= 11 is 0. The summed E-state index contributed by atoms with van der Waals surface area (Å²) in [6, 6.07) is 10.3. The smallest absolute Gasteiger partial charge is 0.254 e. The minimum Gasteiger partial charge on any atom is -0.472 e. The highest BCUT2D eigenvalue weighted by atomic mass is 19.1. The van der Waals surface area contributed by atoms with Crippen molar-refractivity contribution in [3.05, 3.63) is 72.1 Å². The van der Waals surface area contributed by atoms with E-state index in [1.807, 2.05) is 18.2 Å². The number of benzene rings is 1. The van der Waals surface area contributed by atoms with Crippen LogP contribution >= 0.6 is 0 Å². The fraction of sp³-hybridized carbons (Fsp3) is 0.227. The third-order valence-corrected chi connectivity index (χ3v) is 5.46. The molecule has 4 heterocycles. The molecular formula is C22H19FN4O2. The molecule has 0 bridgehead atoms. The van der Waals surface area contributed by atoms with Crippen LogP contribution in [0, 0.1) is 12.7 Å². The zero-order chi connectivity index (χ0) is 20.0. The predicted octanol–water partition coefficient (Wildman–Crippen LogP) is 4.23. The third kappa shape index (κ3) is 2.99. The summed E-state index contributed by atoms with van der Waals surface area (Å²) in [4.78, 5) is 23.9. The van der Waals surface area contributed by atoms with E-state index in [1.165, 1.54) is 6.07 Å². The van der Waals surface area contributed by atoms with Gasteiger partial charge in [-0.2, -0.15) is 0 Å². The monoisotopic (exact) mass is 390 g/mol. The van der Waals surface area contributed by atoms with Gasteiger partial charge in [-0.1, -0.05) is 6.07 Å². The van der Waals surface area contributed by atoms with Crippen molar-refractivity contribution >= 4 is 17.1 Å². The molecule has 0 spiro atoms. The lowest BCUT2D eigenvalue weighted by atomic mass is 10.1. The van der Waals surface area contributed by atoms with E-state index in [0.717, 1.165) is 29.0 Å². The summed E-state index contributed by atoms with van der Waals surface area (Å²) < 4.78 is 21.2. The summed E-state index contributed by atoms with van der Waals surface area (Å²) in [5.41, 5.74) is 3.35. The summed E-state index contributed by atoms with van der Waals surface area (Å²) in [5, 5.41) is 0. The number of carbonyl (C=O) groups excluding carboxylic acids is 1. The number of imidazole rings is 1. The van der Waals surface area contributed by atoms with E-state index in [4.69, 9.17) is 9.40 Å². The van der Waals surface area contributed by atoms with Gasteiger partial charge in [-0.25, -0.2) is 14.4 Å². The van der Waals surface area contributed by atoms with Crippen molar-refractivity contribution in [2.45, 2.75) is 19.4 Å².